The Kier molecular flexibility index (Phi) is 17.2. The molecule has 0 aliphatic carbocycles. The Labute approximate surface area is 60.0 Å². The van der Waals surface area contributed by atoms with E-state index in [-0.39, 0.29) is 29.6 Å². The summed E-state index contributed by atoms with van der Waals surface area (Å²) in [7, 11) is 0. The van der Waals surface area contributed by atoms with Crippen LogP contribution >= 0.6 is 12.6 Å². The van der Waals surface area contributed by atoms with Gasteiger partial charge in [0.05, 0.1) is 0 Å². The summed E-state index contributed by atoms with van der Waals surface area (Å²) in [6, 6.07) is 0. The predicted octanol–water partition coefficient (Wildman–Crippen LogP) is -0.774. The monoisotopic (exact) mass is 101 g/mol. The molecule has 0 unspecified atom stereocenters. The summed E-state index contributed by atoms with van der Waals surface area (Å²) in [4.78, 5) is 0. The zero-order valence-electron chi connectivity index (χ0n) is 2.44. The molecule has 0 rings (SSSR count). The van der Waals surface area contributed by atoms with Gasteiger partial charge in [0.2, 0.25) is 0 Å². The van der Waals surface area contributed by atoms with Crippen LogP contribution in [0.1, 0.15) is 0 Å². The average Bonchev–Trinajstić information content (AvgIpc) is 1.37. The van der Waals surface area contributed by atoms with Crippen LogP contribution in [0.25, 0.3) is 0 Å². The van der Waals surface area contributed by atoms with E-state index < -0.39 is 0 Å². The van der Waals surface area contributed by atoms with Crippen molar-refractivity contribution in [2.45, 2.75) is 0 Å². The van der Waals surface area contributed by atoms with Crippen molar-refractivity contribution in [2.24, 2.45) is 5.73 Å². The maximum absolute atomic E-state index is 4.95. The van der Waals surface area contributed by atoms with E-state index in [2.05, 4.69) is 12.6 Å². The van der Waals surface area contributed by atoms with Crippen LogP contribution < -0.4 is 5.73 Å². The van der Waals surface area contributed by atoms with Crippen molar-refractivity contribution in [3.63, 3.8) is 0 Å². The third kappa shape index (κ3) is 10.9. The van der Waals surface area contributed by atoms with Gasteiger partial charge in [0, 0.05) is 12.3 Å². The molecule has 0 aromatic heterocycles. The molecule has 0 aromatic carbocycles. The second kappa shape index (κ2) is 9.00. The number of thiol groups is 1. The number of rotatable bonds is 1. The van der Waals surface area contributed by atoms with Crippen molar-refractivity contribution >= 4 is 42.2 Å². The minimum absolute atomic E-state index is 0. The summed E-state index contributed by atoms with van der Waals surface area (Å²) in [5, 5.41) is 0. The Morgan fingerprint density at radius 3 is 1.80 bits per heavy atom. The molecule has 5 heavy (non-hydrogen) atoms. The van der Waals surface area contributed by atoms with Crippen LogP contribution in [0, 0.1) is 0 Å². The maximum atomic E-state index is 4.95. The molecule has 0 heterocycles. The Morgan fingerprint density at radius 2 is 1.80 bits per heavy atom. The van der Waals surface area contributed by atoms with Crippen molar-refractivity contribution in [1.29, 1.82) is 0 Å². The van der Waals surface area contributed by atoms with Crippen molar-refractivity contribution in [1.82, 2.24) is 0 Å². The first kappa shape index (κ1) is 9.58. The van der Waals surface area contributed by atoms with Gasteiger partial charge in [0.15, 0.2) is 0 Å². The first-order valence-corrected chi connectivity index (χ1v) is 1.86. The van der Waals surface area contributed by atoms with Gasteiger partial charge in [0.25, 0.3) is 0 Å². The zero-order valence-corrected chi connectivity index (χ0v) is 3.33. The summed E-state index contributed by atoms with van der Waals surface area (Å²) in [5.74, 6) is 0.792. The van der Waals surface area contributed by atoms with Crippen LogP contribution in [0.15, 0.2) is 0 Å². The van der Waals surface area contributed by atoms with Crippen LogP contribution in [-0.2, 0) is 0 Å². The first-order chi connectivity index (χ1) is 1.91. The molecule has 0 aliphatic rings. The predicted molar refractivity (Wildman–Crippen MR) is 30.1 cm³/mol. The quantitative estimate of drug-likeness (QED) is 0.329. The van der Waals surface area contributed by atoms with Gasteiger partial charge in [-0.1, -0.05) is 0 Å². The molecular weight excluding hydrogens is 93.1 g/mol. The van der Waals surface area contributed by atoms with E-state index in [9.17, 15) is 0 Å². The van der Waals surface area contributed by atoms with E-state index in [1.165, 1.54) is 0 Å². The SMILES string of the molecule is NCCS.[NaH]. The molecule has 0 spiro atoms. The van der Waals surface area contributed by atoms with Crippen molar-refractivity contribution in [3.05, 3.63) is 0 Å². The second-order valence-electron chi connectivity index (χ2n) is 0.512. The van der Waals surface area contributed by atoms with E-state index in [1.54, 1.807) is 0 Å². The van der Waals surface area contributed by atoms with Crippen LogP contribution in [0.4, 0.5) is 0 Å². The topological polar surface area (TPSA) is 26.0 Å². The van der Waals surface area contributed by atoms with Gasteiger partial charge in [-0.2, -0.15) is 12.6 Å². The van der Waals surface area contributed by atoms with E-state index in [0.29, 0.717) is 6.54 Å². The Balaban J connectivity index is 0. The molecule has 0 bridgehead atoms. The molecule has 0 fully saturated rings. The normalized spacial score (nSPS) is 6.00. The number of hydrogen-bond acceptors (Lipinski definition) is 2. The van der Waals surface area contributed by atoms with E-state index in [0.717, 1.165) is 5.75 Å². The molecule has 3 heteroatoms. The number of nitrogens with two attached hydrogens (primary N) is 1. The van der Waals surface area contributed by atoms with Gasteiger partial charge in [-0.25, -0.2) is 0 Å². The van der Waals surface area contributed by atoms with E-state index >= 15 is 0 Å². The molecule has 1 nitrogen and oxygen atoms in total. The fourth-order valence-corrected chi connectivity index (χ4v) is 0. The Morgan fingerprint density at radius 1 is 1.60 bits per heavy atom. The molecule has 0 saturated heterocycles. The summed E-state index contributed by atoms with van der Waals surface area (Å²) in [6.45, 7) is 0.684. The van der Waals surface area contributed by atoms with Crippen LogP contribution in [0.5, 0.6) is 0 Å². The third-order valence-electron chi connectivity index (χ3n) is 0.129. The standard InChI is InChI=1S/C2H7NS.Na.H/c3-1-2-4;;/h4H,1-3H2;;. The van der Waals surface area contributed by atoms with Gasteiger partial charge in [-0.15, -0.1) is 0 Å². The van der Waals surface area contributed by atoms with Crippen LogP contribution in [-0.4, -0.2) is 41.9 Å². The van der Waals surface area contributed by atoms with Gasteiger partial charge in [-0.05, 0) is 0 Å². The average molecular weight is 101 g/mol. The fraction of sp³-hybridized carbons (Fsp3) is 1.00. The van der Waals surface area contributed by atoms with Gasteiger partial charge >= 0.3 is 29.6 Å². The fourth-order valence-electron chi connectivity index (χ4n) is 0. The first-order valence-electron chi connectivity index (χ1n) is 1.22. The van der Waals surface area contributed by atoms with Gasteiger partial charge in [-0.3, -0.25) is 0 Å². The van der Waals surface area contributed by atoms with Crippen molar-refractivity contribution < 1.29 is 0 Å². The van der Waals surface area contributed by atoms with E-state index in [1.807, 2.05) is 0 Å². The van der Waals surface area contributed by atoms with Crippen molar-refractivity contribution in [3.8, 4) is 0 Å². The van der Waals surface area contributed by atoms with Crippen molar-refractivity contribution in [2.75, 3.05) is 12.3 Å². The molecule has 0 aliphatic heterocycles. The summed E-state index contributed by atoms with van der Waals surface area (Å²) in [5.41, 5.74) is 4.95. The summed E-state index contributed by atoms with van der Waals surface area (Å²) in [6.07, 6.45) is 0. The van der Waals surface area contributed by atoms with Crippen LogP contribution in [0.2, 0.25) is 0 Å². The summed E-state index contributed by atoms with van der Waals surface area (Å²) >= 11 is 3.80. The van der Waals surface area contributed by atoms with Gasteiger partial charge < -0.3 is 5.73 Å². The molecule has 28 valence electrons. The molecule has 0 aromatic rings. The second-order valence-corrected chi connectivity index (χ2v) is 0.959. The Bertz CT molecular complexity index is 11.6. The van der Waals surface area contributed by atoms with Gasteiger partial charge in [0.1, 0.15) is 0 Å². The molecule has 0 saturated carbocycles. The molecule has 0 radical (unpaired) electrons. The third-order valence-corrected chi connectivity index (χ3v) is 0.387. The molecule has 2 N–H and O–H groups in total. The number of hydrogen-bond donors (Lipinski definition) is 2. The minimum atomic E-state index is 0. The Hall–Kier alpha value is 1.31. The molecular formula is C2H8NNaS. The molecule has 0 amide bonds. The summed E-state index contributed by atoms with van der Waals surface area (Å²) < 4.78 is 0. The molecule has 0 atom stereocenters. The van der Waals surface area contributed by atoms with Crippen LogP contribution in [0.3, 0.4) is 0 Å². The zero-order chi connectivity index (χ0) is 3.41. The van der Waals surface area contributed by atoms with E-state index in [4.69, 9.17) is 5.73 Å².